The van der Waals surface area contributed by atoms with E-state index in [0.29, 0.717) is 12.3 Å². The molecule has 1 aromatic carbocycles. The van der Waals surface area contributed by atoms with E-state index < -0.39 is 0 Å². The van der Waals surface area contributed by atoms with Gasteiger partial charge in [-0.1, -0.05) is 30.3 Å². The van der Waals surface area contributed by atoms with Gasteiger partial charge in [-0.25, -0.2) is 0 Å². The first kappa shape index (κ1) is 16.5. The van der Waals surface area contributed by atoms with Gasteiger partial charge in [-0.3, -0.25) is 4.79 Å². The SMILES string of the molecule is CO[C@@H]1C[C@@H]2OC(=O)C[C@@H]2[C@H]1CC[C@@H](O)CCc1ccccc1. The molecule has 23 heavy (non-hydrogen) atoms. The van der Waals surface area contributed by atoms with Crippen LogP contribution in [-0.2, 0) is 20.7 Å². The summed E-state index contributed by atoms with van der Waals surface area (Å²) in [5.74, 6) is 0.515. The lowest BCUT2D eigenvalue weighted by Gasteiger charge is -2.23. The van der Waals surface area contributed by atoms with E-state index in [4.69, 9.17) is 9.47 Å². The smallest absolute Gasteiger partial charge is 0.306 e. The Kier molecular flexibility index (Phi) is 5.34. The number of esters is 1. The molecule has 2 fully saturated rings. The predicted octanol–water partition coefficient (Wildman–Crippen LogP) is 2.73. The second kappa shape index (κ2) is 7.45. The number of aliphatic hydroxyl groups is 1. The fourth-order valence-electron chi connectivity index (χ4n) is 4.14. The number of aliphatic hydroxyl groups excluding tert-OH is 1. The summed E-state index contributed by atoms with van der Waals surface area (Å²) in [5, 5.41) is 10.3. The van der Waals surface area contributed by atoms with Crippen LogP contribution in [0.1, 0.15) is 37.7 Å². The van der Waals surface area contributed by atoms with Crippen LogP contribution in [0.4, 0.5) is 0 Å². The van der Waals surface area contributed by atoms with E-state index in [2.05, 4.69) is 12.1 Å². The van der Waals surface area contributed by atoms with Crippen LogP contribution in [0.2, 0.25) is 0 Å². The number of carbonyl (C=O) groups is 1. The van der Waals surface area contributed by atoms with E-state index in [0.717, 1.165) is 32.1 Å². The Morgan fingerprint density at radius 2 is 2.09 bits per heavy atom. The highest BCUT2D eigenvalue weighted by atomic mass is 16.6. The van der Waals surface area contributed by atoms with Crippen LogP contribution in [0.25, 0.3) is 0 Å². The number of hydrogen-bond acceptors (Lipinski definition) is 4. The molecule has 2 aliphatic rings. The maximum Gasteiger partial charge on any atom is 0.306 e. The second-order valence-electron chi connectivity index (χ2n) is 6.83. The summed E-state index contributed by atoms with van der Waals surface area (Å²) in [6.45, 7) is 0. The van der Waals surface area contributed by atoms with Crippen LogP contribution >= 0.6 is 0 Å². The highest BCUT2D eigenvalue weighted by Crippen LogP contribution is 2.44. The molecule has 0 aromatic heterocycles. The van der Waals surface area contributed by atoms with Crippen LogP contribution in [0, 0.1) is 11.8 Å². The predicted molar refractivity (Wildman–Crippen MR) is 86.9 cm³/mol. The Bertz CT molecular complexity index is 515. The largest absolute Gasteiger partial charge is 0.462 e. The summed E-state index contributed by atoms with van der Waals surface area (Å²) in [6.07, 6.45) is 4.52. The van der Waals surface area contributed by atoms with Gasteiger partial charge in [-0.05, 0) is 37.2 Å². The third-order valence-electron chi connectivity index (χ3n) is 5.40. The molecule has 0 spiro atoms. The fourth-order valence-corrected chi connectivity index (χ4v) is 4.14. The summed E-state index contributed by atoms with van der Waals surface area (Å²) in [5.41, 5.74) is 1.26. The van der Waals surface area contributed by atoms with E-state index in [1.165, 1.54) is 5.56 Å². The molecule has 1 aromatic rings. The minimum atomic E-state index is -0.301. The first-order valence-electron chi connectivity index (χ1n) is 8.61. The average Bonchev–Trinajstić information content (AvgIpc) is 3.07. The minimum absolute atomic E-state index is 0.0268. The van der Waals surface area contributed by atoms with Crippen LogP contribution in [0.15, 0.2) is 30.3 Å². The van der Waals surface area contributed by atoms with Crippen LogP contribution in [0.5, 0.6) is 0 Å². The molecule has 4 nitrogen and oxygen atoms in total. The number of methoxy groups -OCH3 is 1. The molecule has 0 unspecified atom stereocenters. The number of aryl methyl sites for hydroxylation is 1. The molecule has 4 heteroatoms. The zero-order valence-corrected chi connectivity index (χ0v) is 13.7. The lowest BCUT2D eigenvalue weighted by molar-refractivity contribution is -0.142. The molecule has 1 saturated carbocycles. The molecule has 3 rings (SSSR count). The summed E-state index contributed by atoms with van der Waals surface area (Å²) in [7, 11) is 1.73. The third kappa shape index (κ3) is 3.93. The van der Waals surface area contributed by atoms with Crippen molar-refractivity contribution in [3.05, 3.63) is 35.9 Å². The standard InChI is InChI=1S/C19H26O4/c1-22-17-12-18-16(11-19(21)23-18)15(17)10-9-14(20)8-7-13-5-3-2-4-6-13/h2-6,14-18,20H,7-12H2,1H3/t14-,15+,16+,17+,18-/m0/s1. The van der Waals surface area contributed by atoms with Gasteiger partial charge in [0.05, 0.1) is 18.6 Å². The summed E-state index contributed by atoms with van der Waals surface area (Å²) >= 11 is 0. The first-order chi connectivity index (χ1) is 11.2. The zero-order valence-electron chi connectivity index (χ0n) is 13.7. The zero-order chi connectivity index (χ0) is 16.2. The topological polar surface area (TPSA) is 55.8 Å². The third-order valence-corrected chi connectivity index (χ3v) is 5.40. The van der Waals surface area contributed by atoms with E-state index >= 15 is 0 Å². The van der Waals surface area contributed by atoms with Crippen molar-refractivity contribution in [3.8, 4) is 0 Å². The maximum atomic E-state index is 11.5. The number of benzene rings is 1. The summed E-state index contributed by atoms with van der Waals surface area (Å²) in [6, 6.07) is 10.3. The van der Waals surface area contributed by atoms with Gasteiger partial charge in [-0.15, -0.1) is 0 Å². The van der Waals surface area contributed by atoms with Crippen molar-refractivity contribution >= 4 is 5.97 Å². The van der Waals surface area contributed by atoms with Crippen LogP contribution < -0.4 is 0 Å². The van der Waals surface area contributed by atoms with Crippen molar-refractivity contribution in [2.24, 2.45) is 11.8 Å². The highest BCUT2D eigenvalue weighted by molar-refractivity contribution is 5.72. The highest BCUT2D eigenvalue weighted by Gasteiger charge is 2.49. The quantitative estimate of drug-likeness (QED) is 0.786. The van der Waals surface area contributed by atoms with Crippen molar-refractivity contribution in [2.75, 3.05) is 7.11 Å². The average molecular weight is 318 g/mol. The van der Waals surface area contributed by atoms with Gasteiger partial charge in [0.15, 0.2) is 0 Å². The van der Waals surface area contributed by atoms with Gasteiger partial charge in [0.25, 0.3) is 0 Å². The number of ether oxygens (including phenoxy) is 2. The Hall–Kier alpha value is -1.39. The molecule has 0 bridgehead atoms. The van der Waals surface area contributed by atoms with E-state index in [1.54, 1.807) is 7.11 Å². The molecule has 1 N–H and O–H groups in total. The van der Waals surface area contributed by atoms with Gasteiger partial charge in [0.2, 0.25) is 0 Å². The van der Waals surface area contributed by atoms with Crippen molar-refractivity contribution in [1.29, 1.82) is 0 Å². The number of fused-ring (bicyclic) bond motifs is 1. The Labute approximate surface area is 137 Å². The Balaban J connectivity index is 1.47. The van der Waals surface area contributed by atoms with Crippen LogP contribution in [0.3, 0.4) is 0 Å². The van der Waals surface area contributed by atoms with Crippen molar-refractivity contribution in [1.82, 2.24) is 0 Å². The Morgan fingerprint density at radius 3 is 2.83 bits per heavy atom. The molecular formula is C19H26O4. The monoisotopic (exact) mass is 318 g/mol. The molecular weight excluding hydrogens is 292 g/mol. The molecule has 126 valence electrons. The fraction of sp³-hybridized carbons (Fsp3) is 0.632. The van der Waals surface area contributed by atoms with Gasteiger partial charge in [0, 0.05) is 19.4 Å². The van der Waals surface area contributed by atoms with Crippen LogP contribution in [-0.4, -0.2) is 36.5 Å². The minimum Gasteiger partial charge on any atom is -0.462 e. The van der Waals surface area contributed by atoms with Crippen molar-refractivity contribution in [2.45, 2.75) is 56.8 Å². The first-order valence-corrected chi connectivity index (χ1v) is 8.61. The molecule has 1 aliphatic heterocycles. The van der Waals surface area contributed by atoms with Crippen molar-refractivity contribution < 1.29 is 19.4 Å². The van der Waals surface area contributed by atoms with E-state index in [1.807, 2.05) is 18.2 Å². The summed E-state index contributed by atoms with van der Waals surface area (Å²) < 4.78 is 11.0. The second-order valence-corrected chi connectivity index (χ2v) is 6.83. The molecule has 0 amide bonds. The maximum absolute atomic E-state index is 11.5. The molecule has 1 saturated heterocycles. The van der Waals surface area contributed by atoms with Crippen molar-refractivity contribution in [3.63, 3.8) is 0 Å². The molecule has 0 radical (unpaired) electrons. The molecule has 1 heterocycles. The molecule has 5 atom stereocenters. The number of carbonyl (C=O) groups excluding carboxylic acids is 1. The lowest BCUT2D eigenvalue weighted by atomic mass is 9.86. The van der Waals surface area contributed by atoms with Gasteiger partial charge in [0.1, 0.15) is 6.10 Å². The lowest BCUT2D eigenvalue weighted by Crippen LogP contribution is -2.23. The van der Waals surface area contributed by atoms with Gasteiger partial charge in [-0.2, -0.15) is 0 Å². The van der Waals surface area contributed by atoms with E-state index in [9.17, 15) is 9.90 Å². The normalized spacial score (nSPS) is 31.0. The molecule has 1 aliphatic carbocycles. The van der Waals surface area contributed by atoms with Gasteiger partial charge < -0.3 is 14.6 Å². The Morgan fingerprint density at radius 1 is 1.30 bits per heavy atom. The van der Waals surface area contributed by atoms with E-state index in [-0.39, 0.29) is 30.2 Å². The number of rotatable bonds is 7. The van der Waals surface area contributed by atoms with Gasteiger partial charge >= 0.3 is 5.97 Å². The summed E-state index contributed by atoms with van der Waals surface area (Å²) in [4.78, 5) is 11.5. The number of hydrogen-bond donors (Lipinski definition) is 1.